The highest BCUT2D eigenvalue weighted by molar-refractivity contribution is 7.99. The number of rotatable bonds is 5. The predicted octanol–water partition coefficient (Wildman–Crippen LogP) is 5.62. The number of benzene rings is 2. The molecule has 30 heavy (non-hydrogen) atoms. The Hall–Kier alpha value is -2.84. The summed E-state index contributed by atoms with van der Waals surface area (Å²) in [5.74, 6) is -1.99. The molecular weight excluding hydrogens is 432 g/mol. The Balaban J connectivity index is 1.84. The van der Waals surface area contributed by atoms with E-state index in [1.54, 1.807) is 60.0 Å². The van der Waals surface area contributed by atoms with Crippen LogP contribution in [0.2, 0.25) is 5.02 Å². The van der Waals surface area contributed by atoms with E-state index in [9.17, 15) is 13.6 Å². The van der Waals surface area contributed by atoms with Crippen molar-refractivity contribution in [2.24, 2.45) is 7.05 Å². The molecule has 0 radical (unpaired) electrons. The molecule has 9 heteroatoms. The van der Waals surface area contributed by atoms with Gasteiger partial charge in [0.1, 0.15) is 0 Å². The van der Waals surface area contributed by atoms with Crippen molar-refractivity contribution >= 4 is 40.2 Å². The largest absolute Gasteiger partial charge is 0.462 e. The molecule has 0 atom stereocenters. The molecule has 0 unspecified atom stereocenters. The molecule has 154 valence electrons. The number of carbonyl (C=O) groups is 1. The lowest BCUT2D eigenvalue weighted by atomic mass is 10.2. The van der Waals surface area contributed by atoms with Gasteiger partial charge in [-0.25, -0.2) is 13.6 Å². The topological polar surface area (TPSA) is 49.1 Å². The van der Waals surface area contributed by atoms with Crippen LogP contribution in [0.4, 0.5) is 8.78 Å². The Morgan fingerprint density at radius 1 is 1.17 bits per heavy atom. The summed E-state index contributed by atoms with van der Waals surface area (Å²) >= 11 is 7.09. The van der Waals surface area contributed by atoms with Gasteiger partial charge in [-0.05, 0) is 31.2 Å². The third-order valence-electron chi connectivity index (χ3n) is 4.47. The molecular formula is C21H16ClF2N3O2S. The van der Waals surface area contributed by atoms with Gasteiger partial charge in [0, 0.05) is 34.6 Å². The minimum atomic E-state index is -0.729. The molecule has 0 fully saturated rings. The van der Waals surface area contributed by atoms with E-state index in [0.717, 1.165) is 11.8 Å². The maximum absolute atomic E-state index is 15.0. The van der Waals surface area contributed by atoms with Gasteiger partial charge in [-0.1, -0.05) is 29.4 Å². The summed E-state index contributed by atoms with van der Waals surface area (Å²) in [4.78, 5) is 12.8. The van der Waals surface area contributed by atoms with Gasteiger partial charge in [-0.15, -0.1) is 0 Å². The third-order valence-corrected chi connectivity index (χ3v) is 5.84. The number of nitrogens with zero attached hydrogens (tertiary/aromatic N) is 3. The van der Waals surface area contributed by atoms with Crippen molar-refractivity contribution in [3.63, 3.8) is 0 Å². The highest BCUT2D eigenvalue weighted by Gasteiger charge is 2.21. The van der Waals surface area contributed by atoms with Gasteiger partial charge in [0.25, 0.3) is 0 Å². The molecule has 0 aliphatic carbocycles. The van der Waals surface area contributed by atoms with Crippen LogP contribution in [0.5, 0.6) is 0 Å². The zero-order valence-electron chi connectivity index (χ0n) is 16.0. The third kappa shape index (κ3) is 3.57. The molecule has 2 aromatic carbocycles. The molecule has 0 saturated heterocycles. The molecule has 0 aliphatic rings. The predicted molar refractivity (Wildman–Crippen MR) is 111 cm³/mol. The highest BCUT2D eigenvalue weighted by Crippen LogP contribution is 2.40. The fourth-order valence-corrected chi connectivity index (χ4v) is 4.29. The van der Waals surface area contributed by atoms with Crippen molar-refractivity contribution in [3.8, 4) is 5.69 Å². The molecule has 4 aromatic rings. The van der Waals surface area contributed by atoms with Crippen LogP contribution in [0.1, 0.15) is 17.3 Å². The second kappa shape index (κ2) is 8.12. The first kappa shape index (κ1) is 20.4. The van der Waals surface area contributed by atoms with E-state index in [1.165, 1.54) is 12.1 Å². The summed E-state index contributed by atoms with van der Waals surface area (Å²) < 4.78 is 38.0. The standard InChI is InChI=1S/C21H16ClF2N3O2S/c1-3-29-21(28)14-5-4-6-16(18(14)23)30-17-11-27(12-9-25-26(2)10-12)20-13(17)7-8-15(22)19(20)24/h4-11H,3H2,1-2H3. The second-order valence-electron chi connectivity index (χ2n) is 6.43. The van der Waals surface area contributed by atoms with Crippen LogP contribution < -0.4 is 0 Å². The van der Waals surface area contributed by atoms with E-state index in [1.807, 2.05) is 0 Å². The van der Waals surface area contributed by atoms with E-state index in [4.69, 9.17) is 16.3 Å². The van der Waals surface area contributed by atoms with Gasteiger partial charge in [-0.2, -0.15) is 5.10 Å². The number of halogens is 3. The number of ether oxygens (including phenoxy) is 1. The zero-order chi connectivity index (χ0) is 21.4. The minimum Gasteiger partial charge on any atom is -0.462 e. The van der Waals surface area contributed by atoms with Gasteiger partial charge in [0.05, 0.1) is 34.6 Å². The van der Waals surface area contributed by atoms with Crippen molar-refractivity contribution in [1.82, 2.24) is 14.3 Å². The van der Waals surface area contributed by atoms with E-state index in [2.05, 4.69) is 5.10 Å². The lowest BCUT2D eigenvalue weighted by Crippen LogP contribution is -2.07. The quantitative estimate of drug-likeness (QED) is 0.372. The maximum atomic E-state index is 15.0. The summed E-state index contributed by atoms with van der Waals surface area (Å²) in [5, 5.41) is 4.68. The van der Waals surface area contributed by atoms with Crippen molar-refractivity contribution in [1.29, 1.82) is 0 Å². The van der Waals surface area contributed by atoms with Crippen LogP contribution in [-0.2, 0) is 11.8 Å². The molecule has 2 aromatic heterocycles. The number of fused-ring (bicyclic) bond motifs is 1. The first-order valence-electron chi connectivity index (χ1n) is 9.02. The Labute approximate surface area is 180 Å². The molecule has 0 N–H and O–H groups in total. The monoisotopic (exact) mass is 447 g/mol. The Morgan fingerprint density at radius 3 is 2.67 bits per heavy atom. The van der Waals surface area contributed by atoms with Crippen LogP contribution in [0, 0.1) is 11.6 Å². The maximum Gasteiger partial charge on any atom is 0.341 e. The number of hydrogen-bond donors (Lipinski definition) is 0. The van der Waals surface area contributed by atoms with Crippen molar-refractivity contribution in [2.45, 2.75) is 16.7 Å². The molecule has 0 amide bonds. The number of hydrogen-bond acceptors (Lipinski definition) is 4. The fourth-order valence-electron chi connectivity index (χ4n) is 3.12. The first-order valence-corrected chi connectivity index (χ1v) is 10.2. The Morgan fingerprint density at radius 2 is 1.97 bits per heavy atom. The average Bonchev–Trinajstić information content (AvgIpc) is 3.30. The summed E-state index contributed by atoms with van der Waals surface area (Å²) in [6, 6.07) is 7.65. The van der Waals surface area contributed by atoms with Gasteiger partial charge in [0.2, 0.25) is 0 Å². The smallest absolute Gasteiger partial charge is 0.341 e. The first-order chi connectivity index (χ1) is 14.4. The number of aromatic nitrogens is 3. The zero-order valence-corrected chi connectivity index (χ0v) is 17.6. The summed E-state index contributed by atoms with van der Waals surface area (Å²) in [5.41, 5.74) is 0.753. The average molecular weight is 448 g/mol. The van der Waals surface area contributed by atoms with Crippen molar-refractivity contribution in [3.05, 3.63) is 71.1 Å². The van der Waals surface area contributed by atoms with Gasteiger partial charge >= 0.3 is 5.97 Å². The molecule has 0 bridgehead atoms. The lowest BCUT2D eigenvalue weighted by molar-refractivity contribution is 0.0520. The van der Waals surface area contributed by atoms with E-state index >= 15 is 0 Å². The summed E-state index contributed by atoms with van der Waals surface area (Å²) in [7, 11) is 1.75. The number of carbonyl (C=O) groups excluding carboxylic acids is 1. The van der Waals surface area contributed by atoms with Gasteiger partial charge < -0.3 is 9.30 Å². The molecule has 0 aliphatic heterocycles. The molecule has 4 rings (SSSR count). The van der Waals surface area contributed by atoms with E-state index in [-0.39, 0.29) is 27.6 Å². The van der Waals surface area contributed by atoms with Crippen LogP contribution in [-0.4, -0.2) is 26.9 Å². The van der Waals surface area contributed by atoms with Gasteiger partial charge in [-0.3, -0.25) is 4.68 Å². The summed E-state index contributed by atoms with van der Waals surface area (Å²) in [6.45, 7) is 1.80. The normalized spacial score (nSPS) is 11.2. The fraction of sp³-hybridized carbons (Fsp3) is 0.143. The SMILES string of the molecule is CCOC(=O)c1cccc(Sc2cn(-c3cnn(C)c3)c3c(F)c(Cl)ccc23)c1F. The van der Waals surface area contributed by atoms with Crippen molar-refractivity contribution < 1.29 is 18.3 Å². The number of esters is 1. The van der Waals surface area contributed by atoms with Crippen molar-refractivity contribution in [2.75, 3.05) is 6.61 Å². The molecule has 5 nitrogen and oxygen atoms in total. The lowest BCUT2D eigenvalue weighted by Gasteiger charge is -2.07. The van der Waals surface area contributed by atoms with E-state index < -0.39 is 17.6 Å². The van der Waals surface area contributed by atoms with Crippen LogP contribution in [0.3, 0.4) is 0 Å². The Bertz CT molecular complexity index is 1270. The highest BCUT2D eigenvalue weighted by atomic mass is 35.5. The second-order valence-corrected chi connectivity index (χ2v) is 7.92. The molecule has 2 heterocycles. The molecule has 0 saturated carbocycles. The Kier molecular flexibility index (Phi) is 5.53. The van der Waals surface area contributed by atoms with Gasteiger partial charge in [0.15, 0.2) is 11.6 Å². The number of aryl methyl sites for hydroxylation is 1. The summed E-state index contributed by atoms with van der Waals surface area (Å²) in [6.07, 6.45) is 5.02. The minimum absolute atomic E-state index is 0.0159. The van der Waals surface area contributed by atoms with Crippen LogP contribution in [0.25, 0.3) is 16.6 Å². The van der Waals surface area contributed by atoms with Crippen LogP contribution in [0.15, 0.2) is 58.7 Å². The van der Waals surface area contributed by atoms with Crippen LogP contribution >= 0.6 is 23.4 Å². The molecule has 0 spiro atoms. The van der Waals surface area contributed by atoms with E-state index in [0.29, 0.717) is 16.0 Å².